The SMILES string of the molecule is c1ccc(N(c2ccc3c(c2)Sc2ccccc2C32c3ccccc3-c3cccc4cccc2c34)c2ccc3c(c2)c2ccccc2n3-c2ccccc2)cc1. The van der Waals surface area contributed by atoms with Crippen LogP contribution in [0.5, 0.6) is 0 Å². The molecule has 1 spiro atoms. The molecule has 0 N–H and O–H groups in total. The standard InChI is InChI=1S/C53H34N2S/c1-3-17-36(18-4-1)54(38-30-32-49-43(33-38)41-22-8-11-27-48(41)55(49)37-19-5-2-6-20-37)39-29-31-46-51(34-39)56-50-28-12-10-25-45(50)53(46)44-24-9-7-21-40(44)42-23-13-15-35-16-14-26-47(53)52(35)42/h1-34H. The van der Waals surface area contributed by atoms with Gasteiger partial charge in [-0.15, -0.1) is 0 Å². The molecule has 1 unspecified atom stereocenters. The molecule has 0 radical (unpaired) electrons. The molecule has 0 fully saturated rings. The van der Waals surface area contributed by atoms with Crippen LogP contribution in [-0.2, 0) is 5.41 Å². The van der Waals surface area contributed by atoms with Crippen molar-refractivity contribution < 1.29 is 0 Å². The number of aromatic nitrogens is 1. The van der Waals surface area contributed by atoms with Crippen LogP contribution in [0.15, 0.2) is 216 Å². The van der Waals surface area contributed by atoms with Crippen molar-refractivity contribution in [1.29, 1.82) is 0 Å². The van der Waals surface area contributed by atoms with E-state index >= 15 is 0 Å². The van der Waals surface area contributed by atoms with Crippen LogP contribution < -0.4 is 4.90 Å². The quantitative estimate of drug-likeness (QED) is 0.178. The number of anilines is 3. The first-order valence-corrected chi connectivity index (χ1v) is 20.1. The van der Waals surface area contributed by atoms with E-state index in [1.807, 2.05) is 11.8 Å². The van der Waals surface area contributed by atoms with Crippen LogP contribution in [0, 0.1) is 0 Å². The number of nitrogens with zero attached hydrogens (tertiary/aromatic N) is 2. The van der Waals surface area contributed by atoms with Gasteiger partial charge in [-0.3, -0.25) is 0 Å². The maximum absolute atomic E-state index is 2.44. The minimum atomic E-state index is -0.476. The van der Waals surface area contributed by atoms with Crippen LogP contribution in [0.4, 0.5) is 17.1 Å². The maximum atomic E-state index is 2.44. The van der Waals surface area contributed by atoms with E-state index in [-0.39, 0.29) is 0 Å². The van der Waals surface area contributed by atoms with Gasteiger partial charge < -0.3 is 9.47 Å². The van der Waals surface area contributed by atoms with Gasteiger partial charge in [0.05, 0.1) is 16.4 Å². The van der Waals surface area contributed by atoms with Gasteiger partial charge >= 0.3 is 0 Å². The Morgan fingerprint density at radius 2 is 1.02 bits per heavy atom. The van der Waals surface area contributed by atoms with Crippen molar-refractivity contribution in [3.05, 3.63) is 229 Å². The normalized spacial score (nSPS) is 15.1. The summed E-state index contributed by atoms with van der Waals surface area (Å²) >= 11 is 1.89. The van der Waals surface area contributed by atoms with Crippen molar-refractivity contribution in [3.63, 3.8) is 0 Å². The first kappa shape index (κ1) is 31.5. The zero-order valence-electron chi connectivity index (χ0n) is 30.4. The Hall–Kier alpha value is -6.81. The first-order chi connectivity index (χ1) is 27.8. The van der Waals surface area contributed by atoms with Crippen LogP contribution in [-0.4, -0.2) is 4.57 Å². The summed E-state index contributed by atoms with van der Waals surface area (Å²) in [6.45, 7) is 0. The highest BCUT2D eigenvalue weighted by atomic mass is 32.2. The molecular weight excluding hydrogens is 697 g/mol. The molecule has 10 aromatic rings. The van der Waals surface area contributed by atoms with Crippen molar-refractivity contribution >= 4 is 61.4 Å². The minimum absolute atomic E-state index is 0.476. The van der Waals surface area contributed by atoms with Gasteiger partial charge in [-0.25, -0.2) is 0 Å². The lowest BCUT2D eigenvalue weighted by molar-refractivity contribution is 0.707. The smallest absolute Gasteiger partial charge is 0.0735 e. The molecule has 12 rings (SSSR count). The van der Waals surface area contributed by atoms with Gasteiger partial charge in [0.15, 0.2) is 0 Å². The summed E-state index contributed by atoms with van der Waals surface area (Å²) in [7, 11) is 0. The highest BCUT2D eigenvalue weighted by Crippen LogP contribution is 2.61. The third-order valence-electron chi connectivity index (χ3n) is 12.0. The Morgan fingerprint density at radius 3 is 1.89 bits per heavy atom. The minimum Gasteiger partial charge on any atom is -0.310 e. The van der Waals surface area contributed by atoms with Gasteiger partial charge in [-0.05, 0) is 111 Å². The van der Waals surface area contributed by atoms with E-state index in [0.717, 1.165) is 22.7 Å². The average molecular weight is 731 g/mol. The van der Waals surface area contributed by atoms with Gasteiger partial charge in [0.25, 0.3) is 0 Å². The number of benzene rings is 9. The molecule has 1 atom stereocenters. The molecule has 2 nitrogen and oxygen atoms in total. The molecule has 1 aliphatic carbocycles. The highest BCUT2D eigenvalue weighted by Gasteiger charge is 2.48. The van der Waals surface area contributed by atoms with E-state index in [4.69, 9.17) is 0 Å². The maximum Gasteiger partial charge on any atom is 0.0735 e. The second kappa shape index (κ2) is 12.1. The lowest BCUT2D eigenvalue weighted by Crippen LogP contribution is -2.36. The van der Waals surface area contributed by atoms with E-state index < -0.39 is 5.41 Å². The molecule has 1 aliphatic heterocycles. The van der Waals surface area contributed by atoms with Crippen LogP contribution in [0.1, 0.15) is 22.3 Å². The van der Waals surface area contributed by atoms with E-state index in [2.05, 4.69) is 216 Å². The highest BCUT2D eigenvalue weighted by molar-refractivity contribution is 7.99. The summed E-state index contributed by atoms with van der Waals surface area (Å²) in [4.78, 5) is 4.99. The van der Waals surface area contributed by atoms with Gasteiger partial charge in [0, 0.05) is 43.3 Å². The molecular formula is C53H34N2S. The zero-order valence-corrected chi connectivity index (χ0v) is 31.2. The largest absolute Gasteiger partial charge is 0.310 e. The number of hydrogen-bond acceptors (Lipinski definition) is 2. The second-order valence-corrected chi connectivity index (χ2v) is 15.9. The fourth-order valence-corrected chi connectivity index (χ4v) is 11.0. The monoisotopic (exact) mass is 730 g/mol. The van der Waals surface area contributed by atoms with Gasteiger partial charge in [-0.1, -0.05) is 151 Å². The van der Waals surface area contributed by atoms with E-state index in [0.29, 0.717) is 0 Å². The van der Waals surface area contributed by atoms with Gasteiger partial charge in [0.1, 0.15) is 0 Å². The third-order valence-corrected chi connectivity index (χ3v) is 13.1. The number of rotatable bonds is 4. The van der Waals surface area contributed by atoms with E-state index in [1.54, 1.807) is 0 Å². The average Bonchev–Trinajstić information content (AvgIpc) is 3.59. The van der Waals surface area contributed by atoms with Crippen molar-refractivity contribution in [1.82, 2.24) is 4.57 Å². The predicted octanol–water partition coefficient (Wildman–Crippen LogP) is 14.2. The first-order valence-electron chi connectivity index (χ1n) is 19.3. The Morgan fingerprint density at radius 1 is 0.393 bits per heavy atom. The van der Waals surface area contributed by atoms with Crippen LogP contribution in [0.25, 0.3) is 49.4 Å². The fourth-order valence-electron chi connectivity index (χ4n) is 9.80. The molecule has 2 aliphatic rings. The van der Waals surface area contributed by atoms with Crippen molar-refractivity contribution in [2.45, 2.75) is 15.2 Å². The molecule has 262 valence electrons. The topological polar surface area (TPSA) is 8.17 Å². The number of hydrogen-bond donors (Lipinski definition) is 0. The summed E-state index contributed by atoms with van der Waals surface area (Å²) in [5.74, 6) is 0. The van der Waals surface area contributed by atoms with Crippen LogP contribution in [0.3, 0.4) is 0 Å². The summed E-state index contributed by atoms with van der Waals surface area (Å²) in [5.41, 5.74) is 14.4. The Kier molecular flexibility index (Phi) is 6.81. The summed E-state index contributed by atoms with van der Waals surface area (Å²) in [6.07, 6.45) is 0. The predicted molar refractivity (Wildman–Crippen MR) is 234 cm³/mol. The number of para-hydroxylation sites is 3. The molecule has 9 aromatic carbocycles. The third kappa shape index (κ3) is 4.35. The molecule has 1 aromatic heterocycles. The van der Waals surface area contributed by atoms with Crippen LogP contribution >= 0.6 is 11.8 Å². The number of fused-ring (bicyclic) bond motifs is 11. The molecule has 0 saturated heterocycles. The lowest BCUT2D eigenvalue weighted by atomic mass is 9.59. The Balaban J connectivity index is 1.11. The summed E-state index contributed by atoms with van der Waals surface area (Å²) in [5, 5.41) is 5.10. The Bertz CT molecular complexity index is 3180. The zero-order chi connectivity index (χ0) is 36.8. The van der Waals surface area contributed by atoms with Crippen molar-refractivity contribution in [3.8, 4) is 16.8 Å². The lowest BCUT2D eigenvalue weighted by Gasteiger charge is -2.46. The Labute approximate surface area is 329 Å². The molecule has 0 saturated carbocycles. The van der Waals surface area contributed by atoms with E-state index in [9.17, 15) is 0 Å². The van der Waals surface area contributed by atoms with Gasteiger partial charge in [0.2, 0.25) is 0 Å². The molecule has 56 heavy (non-hydrogen) atoms. The fraction of sp³-hybridized carbons (Fsp3) is 0.0189. The van der Waals surface area contributed by atoms with E-state index in [1.165, 1.54) is 75.7 Å². The molecule has 0 amide bonds. The second-order valence-electron chi connectivity index (χ2n) is 14.8. The van der Waals surface area contributed by atoms with Gasteiger partial charge in [-0.2, -0.15) is 0 Å². The van der Waals surface area contributed by atoms with Crippen molar-refractivity contribution in [2.24, 2.45) is 0 Å². The van der Waals surface area contributed by atoms with Crippen LogP contribution in [0.2, 0.25) is 0 Å². The summed E-state index contributed by atoms with van der Waals surface area (Å²) in [6, 6.07) is 76.3. The molecule has 0 bridgehead atoms. The molecule has 3 heteroatoms. The van der Waals surface area contributed by atoms with Crippen molar-refractivity contribution in [2.75, 3.05) is 4.90 Å². The molecule has 2 heterocycles. The summed E-state index contributed by atoms with van der Waals surface area (Å²) < 4.78 is 2.38.